The van der Waals surface area contributed by atoms with E-state index in [0.717, 1.165) is 16.1 Å². The van der Waals surface area contributed by atoms with Crippen LogP contribution in [0.1, 0.15) is 45.4 Å². The molecule has 1 N–H and O–H groups in total. The van der Waals surface area contributed by atoms with E-state index >= 15 is 0 Å². The highest BCUT2D eigenvalue weighted by Crippen LogP contribution is 2.29. The highest BCUT2D eigenvalue weighted by atomic mass is 79.9. The lowest BCUT2D eigenvalue weighted by atomic mass is 9.98. The minimum Gasteiger partial charge on any atom is -0.380 e. The maximum absolute atomic E-state index is 6.12. The lowest BCUT2D eigenvalue weighted by Crippen LogP contribution is -2.18. The summed E-state index contributed by atoms with van der Waals surface area (Å²) in [5.41, 5.74) is 0.950. The van der Waals surface area contributed by atoms with Gasteiger partial charge in [0.25, 0.3) is 0 Å². The van der Waals surface area contributed by atoms with E-state index in [2.05, 4.69) is 33.2 Å². The van der Waals surface area contributed by atoms with Gasteiger partial charge in [0.1, 0.15) is 0 Å². The second-order valence-corrected chi connectivity index (χ2v) is 6.39. The van der Waals surface area contributed by atoms with Crippen LogP contribution in [0.4, 0.5) is 5.69 Å². The van der Waals surface area contributed by atoms with Crippen LogP contribution in [0.3, 0.4) is 0 Å². The van der Waals surface area contributed by atoms with E-state index in [-0.39, 0.29) is 0 Å². The molecular weight excluding hydrogens is 312 g/mol. The van der Waals surface area contributed by atoms with Crippen molar-refractivity contribution in [3.63, 3.8) is 0 Å². The maximum Gasteiger partial charge on any atom is 0.152 e. The zero-order valence-corrected chi connectivity index (χ0v) is 13.1. The van der Waals surface area contributed by atoms with Gasteiger partial charge in [0.15, 0.2) is 5.15 Å². The largest absolute Gasteiger partial charge is 0.380 e. The fraction of sp³-hybridized carbons (Fsp3) is 0.643. The molecule has 1 aliphatic rings. The molecule has 2 atom stereocenters. The highest BCUT2D eigenvalue weighted by molar-refractivity contribution is 9.10. The predicted octanol–water partition coefficient (Wildman–Crippen LogP) is 5.27. The quantitative estimate of drug-likeness (QED) is 0.603. The van der Waals surface area contributed by atoms with Gasteiger partial charge >= 0.3 is 0 Å². The normalized spacial score (nSPS) is 24.6. The average Bonchev–Trinajstić information content (AvgIpc) is 2.59. The van der Waals surface area contributed by atoms with Gasteiger partial charge in [-0.3, -0.25) is 0 Å². The first-order chi connectivity index (χ1) is 8.69. The Morgan fingerprint density at radius 3 is 3.00 bits per heavy atom. The van der Waals surface area contributed by atoms with Gasteiger partial charge in [0.05, 0.1) is 5.69 Å². The molecule has 1 aliphatic carbocycles. The van der Waals surface area contributed by atoms with E-state index in [9.17, 15) is 0 Å². The Bertz CT molecular complexity index is 397. The molecule has 1 fully saturated rings. The SMILES string of the molecule is CCC1CCCC(Nc2cc(Br)cnc2Cl)CC1. The van der Waals surface area contributed by atoms with Crippen molar-refractivity contribution in [2.75, 3.05) is 5.32 Å². The molecule has 1 heterocycles. The van der Waals surface area contributed by atoms with Crippen LogP contribution in [0.15, 0.2) is 16.7 Å². The Morgan fingerprint density at radius 1 is 1.39 bits per heavy atom. The third-order valence-electron chi connectivity index (χ3n) is 3.83. The smallest absolute Gasteiger partial charge is 0.152 e. The van der Waals surface area contributed by atoms with Gasteiger partial charge in [-0.05, 0) is 47.2 Å². The third-order valence-corrected chi connectivity index (χ3v) is 4.57. The molecule has 1 aromatic heterocycles. The molecule has 0 saturated heterocycles. The van der Waals surface area contributed by atoms with Gasteiger partial charge in [-0.25, -0.2) is 4.98 Å². The number of rotatable bonds is 3. The molecule has 2 unspecified atom stereocenters. The second kappa shape index (κ2) is 6.76. The van der Waals surface area contributed by atoms with Crippen LogP contribution >= 0.6 is 27.5 Å². The fourth-order valence-corrected chi connectivity index (χ4v) is 3.16. The average molecular weight is 332 g/mol. The number of aromatic nitrogens is 1. The monoisotopic (exact) mass is 330 g/mol. The van der Waals surface area contributed by atoms with Gasteiger partial charge in [-0.15, -0.1) is 0 Å². The molecule has 0 radical (unpaired) electrons. The van der Waals surface area contributed by atoms with E-state index in [1.54, 1.807) is 6.20 Å². The summed E-state index contributed by atoms with van der Waals surface area (Å²) in [6.07, 6.45) is 9.53. The van der Waals surface area contributed by atoms with Gasteiger partial charge < -0.3 is 5.32 Å². The van der Waals surface area contributed by atoms with E-state index in [1.807, 2.05) is 6.07 Å². The van der Waals surface area contributed by atoms with Crippen molar-refractivity contribution in [1.82, 2.24) is 4.98 Å². The number of nitrogens with zero attached hydrogens (tertiary/aromatic N) is 1. The summed E-state index contributed by atoms with van der Waals surface area (Å²) in [7, 11) is 0. The van der Waals surface area contributed by atoms with E-state index < -0.39 is 0 Å². The van der Waals surface area contributed by atoms with Crippen molar-refractivity contribution in [2.45, 2.75) is 51.5 Å². The molecule has 1 aromatic rings. The van der Waals surface area contributed by atoms with Crippen molar-refractivity contribution >= 4 is 33.2 Å². The van der Waals surface area contributed by atoms with Crippen molar-refractivity contribution in [2.24, 2.45) is 5.92 Å². The van der Waals surface area contributed by atoms with E-state index in [0.29, 0.717) is 11.2 Å². The van der Waals surface area contributed by atoms with E-state index in [4.69, 9.17) is 11.6 Å². The second-order valence-electron chi connectivity index (χ2n) is 5.12. The first-order valence-corrected chi connectivity index (χ1v) is 7.93. The van der Waals surface area contributed by atoms with Crippen molar-refractivity contribution in [3.05, 3.63) is 21.9 Å². The van der Waals surface area contributed by atoms with Crippen molar-refractivity contribution < 1.29 is 0 Å². The van der Waals surface area contributed by atoms with Crippen LogP contribution in [0.5, 0.6) is 0 Å². The number of halogens is 2. The summed E-state index contributed by atoms with van der Waals surface area (Å²) in [6, 6.07) is 2.55. The maximum atomic E-state index is 6.12. The molecule has 100 valence electrons. The minimum absolute atomic E-state index is 0.537. The first-order valence-electron chi connectivity index (χ1n) is 6.76. The topological polar surface area (TPSA) is 24.9 Å². The van der Waals surface area contributed by atoms with Crippen LogP contribution in [0, 0.1) is 5.92 Å². The third kappa shape index (κ3) is 3.86. The summed E-state index contributed by atoms with van der Waals surface area (Å²) in [5.74, 6) is 0.910. The standard InChI is InChI=1S/C14H20BrClN2/c1-2-10-4-3-5-12(7-6-10)18-13-8-11(15)9-17-14(13)16/h8-10,12,18H,2-7H2,1H3. The molecule has 2 rings (SSSR count). The fourth-order valence-electron chi connectivity index (χ4n) is 2.67. The Kier molecular flexibility index (Phi) is 5.31. The molecule has 18 heavy (non-hydrogen) atoms. The van der Waals surface area contributed by atoms with Crippen LogP contribution in [-0.4, -0.2) is 11.0 Å². The molecule has 0 aliphatic heterocycles. The summed E-state index contributed by atoms with van der Waals surface area (Å²) >= 11 is 9.55. The lowest BCUT2D eigenvalue weighted by Gasteiger charge is -2.18. The Balaban J connectivity index is 1.98. The Labute approximate surface area is 123 Å². The summed E-state index contributed by atoms with van der Waals surface area (Å²) in [6.45, 7) is 2.30. The van der Waals surface area contributed by atoms with E-state index in [1.165, 1.54) is 38.5 Å². The van der Waals surface area contributed by atoms with Crippen molar-refractivity contribution in [1.29, 1.82) is 0 Å². The molecule has 4 heteroatoms. The highest BCUT2D eigenvalue weighted by Gasteiger charge is 2.18. The number of anilines is 1. The number of nitrogens with one attached hydrogen (secondary N) is 1. The van der Waals surface area contributed by atoms with Gasteiger partial charge in [-0.1, -0.05) is 37.8 Å². The van der Waals surface area contributed by atoms with Crippen LogP contribution in [-0.2, 0) is 0 Å². The Hall–Kier alpha value is -0.280. The van der Waals surface area contributed by atoms with Crippen molar-refractivity contribution in [3.8, 4) is 0 Å². The Morgan fingerprint density at radius 2 is 2.22 bits per heavy atom. The molecule has 2 nitrogen and oxygen atoms in total. The first kappa shape index (κ1) is 14.1. The number of pyridine rings is 1. The molecule has 1 saturated carbocycles. The zero-order chi connectivity index (χ0) is 13.0. The summed E-state index contributed by atoms with van der Waals surface area (Å²) in [5, 5.41) is 4.11. The lowest BCUT2D eigenvalue weighted by molar-refractivity contribution is 0.444. The summed E-state index contributed by atoms with van der Waals surface area (Å²) < 4.78 is 0.967. The number of hydrogen-bond acceptors (Lipinski definition) is 2. The number of hydrogen-bond donors (Lipinski definition) is 1. The molecule has 0 spiro atoms. The molecular formula is C14H20BrClN2. The summed E-state index contributed by atoms with van der Waals surface area (Å²) in [4.78, 5) is 4.15. The van der Waals surface area contributed by atoms with Gasteiger partial charge in [0.2, 0.25) is 0 Å². The molecule has 0 bridgehead atoms. The van der Waals surface area contributed by atoms with Crippen LogP contribution in [0.25, 0.3) is 0 Å². The van der Waals surface area contributed by atoms with Crippen LogP contribution in [0.2, 0.25) is 5.15 Å². The predicted molar refractivity (Wildman–Crippen MR) is 81.2 cm³/mol. The zero-order valence-electron chi connectivity index (χ0n) is 10.8. The van der Waals surface area contributed by atoms with Gasteiger partial charge in [0, 0.05) is 16.7 Å². The minimum atomic E-state index is 0.537. The van der Waals surface area contributed by atoms with Gasteiger partial charge in [-0.2, -0.15) is 0 Å². The molecule has 0 amide bonds. The molecule has 0 aromatic carbocycles. The van der Waals surface area contributed by atoms with Crippen LogP contribution < -0.4 is 5.32 Å².